The molecule has 1 N–H and O–H groups in total. The molecule has 1 unspecified atom stereocenters. The number of nitrogens with one attached hydrogen (secondary N) is 1. The number of carbonyl (C=O) groups excluding carboxylic acids is 1. The standard InChI is InChI=1S/C19H29N3O2/c1-15(2)12-21-9-10-24-17(13-21)11-20-19(23)14-22-8-7-16-5-3-4-6-18(16)22/h3-6,15,17H,7-14H2,1-2H3,(H,20,23). The summed E-state index contributed by atoms with van der Waals surface area (Å²) in [4.78, 5) is 16.9. The van der Waals surface area contributed by atoms with Crippen molar-refractivity contribution in [3.8, 4) is 0 Å². The molecule has 3 rings (SSSR count). The molecule has 0 radical (unpaired) electrons. The Morgan fingerprint density at radius 1 is 1.33 bits per heavy atom. The van der Waals surface area contributed by atoms with E-state index >= 15 is 0 Å². The van der Waals surface area contributed by atoms with E-state index < -0.39 is 0 Å². The number of ether oxygens (including phenoxy) is 1. The second-order valence-corrected chi connectivity index (χ2v) is 7.25. The molecule has 0 spiro atoms. The highest BCUT2D eigenvalue weighted by atomic mass is 16.5. The first-order chi connectivity index (χ1) is 11.6. The molecule has 1 saturated heterocycles. The maximum Gasteiger partial charge on any atom is 0.239 e. The van der Waals surface area contributed by atoms with Crippen LogP contribution in [-0.2, 0) is 16.0 Å². The van der Waals surface area contributed by atoms with Crippen LogP contribution in [0.2, 0.25) is 0 Å². The Morgan fingerprint density at radius 2 is 2.17 bits per heavy atom. The normalized spacial score (nSPS) is 21.1. The van der Waals surface area contributed by atoms with Crippen LogP contribution in [0, 0.1) is 5.92 Å². The van der Waals surface area contributed by atoms with Crippen molar-refractivity contribution >= 4 is 11.6 Å². The first kappa shape index (κ1) is 17.2. The van der Waals surface area contributed by atoms with Crippen molar-refractivity contribution in [2.75, 3.05) is 50.8 Å². The van der Waals surface area contributed by atoms with Gasteiger partial charge in [-0.25, -0.2) is 0 Å². The van der Waals surface area contributed by atoms with E-state index in [4.69, 9.17) is 4.74 Å². The predicted molar refractivity (Wildman–Crippen MR) is 96.4 cm³/mol. The molecular formula is C19H29N3O2. The molecule has 2 heterocycles. The van der Waals surface area contributed by atoms with E-state index in [2.05, 4.69) is 47.2 Å². The molecule has 0 saturated carbocycles. The summed E-state index contributed by atoms with van der Waals surface area (Å²) >= 11 is 0. The van der Waals surface area contributed by atoms with Crippen molar-refractivity contribution in [1.82, 2.24) is 10.2 Å². The van der Waals surface area contributed by atoms with E-state index in [1.807, 2.05) is 6.07 Å². The molecular weight excluding hydrogens is 302 g/mol. The summed E-state index contributed by atoms with van der Waals surface area (Å²) in [6.07, 6.45) is 1.13. The van der Waals surface area contributed by atoms with Crippen LogP contribution in [0.3, 0.4) is 0 Å². The fraction of sp³-hybridized carbons (Fsp3) is 0.632. The van der Waals surface area contributed by atoms with Crippen LogP contribution in [0.1, 0.15) is 19.4 Å². The highest BCUT2D eigenvalue weighted by molar-refractivity contribution is 5.82. The van der Waals surface area contributed by atoms with Gasteiger partial charge in [0.15, 0.2) is 0 Å². The van der Waals surface area contributed by atoms with Crippen LogP contribution in [0.15, 0.2) is 24.3 Å². The van der Waals surface area contributed by atoms with Gasteiger partial charge in [-0.15, -0.1) is 0 Å². The Kier molecular flexibility index (Phi) is 5.74. The van der Waals surface area contributed by atoms with E-state index in [1.165, 1.54) is 11.3 Å². The molecule has 0 bridgehead atoms. The Balaban J connectivity index is 1.43. The lowest BCUT2D eigenvalue weighted by molar-refractivity contribution is -0.121. The van der Waals surface area contributed by atoms with E-state index in [-0.39, 0.29) is 12.0 Å². The third kappa shape index (κ3) is 4.48. The van der Waals surface area contributed by atoms with E-state index in [0.29, 0.717) is 19.0 Å². The predicted octanol–water partition coefficient (Wildman–Crippen LogP) is 1.52. The summed E-state index contributed by atoms with van der Waals surface area (Å²) in [5.41, 5.74) is 2.54. The van der Waals surface area contributed by atoms with Gasteiger partial charge in [0.2, 0.25) is 5.91 Å². The average molecular weight is 331 g/mol. The van der Waals surface area contributed by atoms with E-state index in [1.54, 1.807) is 0 Å². The lowest BCUT2D eigenvalue weighted by Gasteiger charge is -2.34. The van der Waals surface area contributed by atoms with Gasteiger partial charge in [-0.05, 0) is 24.0 Å². The van der Waals surface area contributed by atoms with Gasteiger partial charge >= 0.3 is 0 Å². The van der Waals surface area contributed by atoms with Crippen molar-refractivity contribution in [1.29, 1.82) is 0 Å². The minimum atomic E-state index is 0.0799. The Hall–Kier alpha value is -1.59. The van der Waals surface area contributed by atoms with Crippen LogP contribution < -0.4 is 10.2 Å². The minimum absolute atomic E-state index is 0.0799. The van der Waals surface area contributed by atoms with E-state index in [0.717, 1.165) is 39.2 Å². The number of hydrogen-bond donors (Lipinski definition) is 1. The number of rotatable bonds is 6. The Bertz CT molecular complexity index is 561. The van der Waals surface area contributed by atoms with Gasteiger partial charge in [-0.1, -0.05) is 32.0 Å². The number of carbonyl (C=O) groups is 1. The fourth-order valence-electron chi connectivity index (χ4n) is 3.61. The number of benzene rings is 1. The second kappa shape index (κ2) is 7.99. The molecule has 5 nitrogen and oxygen atoms in total. The number of fused-ring (bicyclic) bond motifs is 1. The Labute approximate surface area is 145 Å². The Morgan fingerprint density at radius 3 is 3.00 bits per heavy atom. The summed E-state index contributed by atoms with van der Waals surface area (Å²) in [5, 5.41) is 3.05. The van der Waals surface area contributed by atoms with Gasteiger partial charge in [-0.3, -0.25) is 9.69 Å². The minimum Gasteiger partial charge on any atom is -0.374 e. The van der Waals surface area contributed by atoms with Crippen LogP contribution >= 0.6 is 0 Å². The molecule has 1 aromatic carbocycles. The molecule has 24 heavy (non-hydrogen) atoms. The zero-order chi connectivity index (χ0) is 16.9. The molecule has 1 atom stereocenters. The summed E-state index contributed by atoms with van der Waals surface area (Å²) < 4.78 is 5.80. The molecule has 1 aromatic rings. The number of amides is 1. The third-order valence-electron chi connectivity index (χ3n) is 4.69. The van der Waals surface area contributed by atoms with Crippen LogP contribution in [0.5, 0.6) is 0 Å². The second-order valence-electron chi connectivity index (χ2n) is 7.25. The zero-order valence-electron chi connectivity index (χ0n) is 14.8. The maximum atomic E-state index is 12.3. The topological polar surface area (TPSA) is 44.8 Å². The van der Waals surface area contributed by atoms with Gasteiger partial charge < -0.3 is 15.0 Å². The van der Waals surface area contributed by atoms with Gasteiger partial charge in [0.1, 0.15) is 0 Å². The SMILES string of the molecule is CC(C)CN1CCOC(CNC(=O)CN2CCc3ccccc32)C1. The molecule has 1 fully saturated rings. The third-order valence-corrected chi connectivity index (χ3v) is 4.69. The van der Waals surface area contributed by atoms with Crippen molar-refractivity contribution in [2.24, 2.45) is 5.92 Å². The molecule has 1 amide bonds. The van der Waals surface area contributed by atoms with Crippen LogP contribution in [0.25, 0.3) is 0 Å². The number of para-hydroxylation sites is 1. The van der Waals surface area contributed by atoms with Gasteiger partial charge in [0, 0.05) is 38.4 Å². The smallest absolute Gasteiger partial charge is 0.239 e. The van der Waals surface area contributed by atoms with E-state index in [9.17, 15) is 4.79 Å². The summed E-state index contributed by atoms with van der Waals surface area (Å²) in [5.74, 6) is 0.741. The molecule has 0 aromatic heterocycles. The van der Waals surface area contributed by atoms with Crippen molar-refractivity contribution in [3.05, 3.63) is 29.8 Å². The highest BCUT2D eigenvalue weighted by Gasteiger charge is 2.23. The van der Waals surface area contributed by atoms with Crippen molar-refractivity contribution in [2.45, 2.75) is 26.4 Å². The molecule has 5 heteroatoms. The van der Waals surface area contributed by atoms with Gasteiger partial charge in [-0.2, -0.15) is 0 Å². The first-order valence-electron chi connectivity index (χ1n) is 9.05. The lowest BCUT2D eigenvalue weighted by Crippen LogP contribution is -2.49. The summed E-state index contributed by atoms with van der Waals surface area (Å²) in [6, 6.07) is 8.34. The number of hydrogen-bond acceptors (Lipinski definition) is 4. The van der Waals surface area contributed by atoms with Crippen molar-refractivity contribution < 1.29 is 9.53 Å². The first-order valence-corrected chi connectivity index (χ1v) is 9.05. The molecule has 2 aliphatic heterocycles. The highest BCUT2D eigenvalue weighted by Crippen LogP contribution is 2.26. The lowest BCUT2D eigenvalue weighted by atomic mass is 10.2. The number of nitrogens with zero attached hydrogens (tertiary/aromatic N) is 2. The molecule has 132 valence electrons. The monoisotopic (exact) mass is 331 g/mol. The summed E-state index contributed by atoms with van der Waals surface area (Å²) in [7, 11) is 0. The quantitative estimate of drug-likeness (QED) is 0.858. The number of morpholine rings is 1. The maximum absolute atomic E-state index is 12.3. The van der Waals surface area contributed by atoms with Gasteiger partial charge in [0.05, 0.1) is 19.3 Å². The molecule has 0 aliphatic carbocycles. The largest absolute Gasteiger partial charge is 0.374 e. The number of anilines is 1. The fourth-order valence-corrected chi connectivity index (χ4v) is 3.61. The van der Waals surface area contributed by atoms with Crippen LogP contribution in [-0.4, -0.2) is 62.8 Å². The zero-order valence-corrected chi connectivity index (χ0v) is 14.8. The summed E-state index contributed by atoms with van der Waals surface area (Å²) in [6.45, 7) is 10.2. The van der Waals surface area contributed by atoms with Crippen molar-refractivity contribution in [3.63, 3.8) is 0 Å². The molecule has 2 aliphatic rings. The average Bonchev–Trinajstić information content (AvgIpc) is 2.96. The van der Waals surface area contributed by atoms with Crippen LogP contribution in [0.4, 0.5) is 5.69 Å². The van der Waals surface area contributed by atoms with Gasteiger partial charge in [0.25, 0.3) is 0 Å².